The van der Waals surface area contributed by atoms with Crippen LogP contribution in [-0.4, -0.2) is 12.1 Å². The lowest BCUT2D eigenvalue weighted by Crippen LogP contribution is -2.38. The van der Waals surface area contributed by atoms with Gasteiger partial charge >= 0.3 is 0 Å². The lowest BCUT2D eigenvalue weighted by Gasteiger charge is -2.26. The van der Waals surface area contributed by atoms with E-state index in [2.05, 4.69) is 18.8 Å². The van der Waals surface area contributed by atoms with Gasteiger partial charge in [-0.2, -0.15) is 0 Å². The van der Waals surface area contributed by atoms with Crippen LogP contribution in [0.5, 0.6) is 0 Å². The van der Waals surface area contributed by atoms with Crippen LogP contribution in [0.1, 0.15) is 26.2 Å². The van der Waals surface area contributed by atoms with E-state index in [1.54, 1.807) is 0 Å². The minimum Gasteiger partial charge on any atom is -0.308 e. The second-order valence-corrected chi connectivity index (χ2v) is 2.84. The first kappa shape index (κ1) is 6.81. The third kappa shape index (κ3) is 1.83. The average molecular weight is 125 g/mol. The summed E-state index contributed by atoms with van der Waals surface area (Å²) in [6.07, 6.45) is 5.96. The summed E-state index contributed by atoms with van der Waals surface area (Å²) in [5, 5.41) is 3.45. The highest BCUT2D eigenvalue weighted by Crippen LogP contribution is 2.11. The van der Waals surface area contributed by atoms with Crippen LogP contribution in [0.15, 0.2) is 12.7 Å². The number of piperidine rings is 1. The summed E-state index contributed by atoms with van der Waals surface area (Å²) in [4.78, 5) is 0. The van der Waals surface area contributed by atoms with Gasteiger partial charge in [0, 0.05) is 12.1 Å². The molecule has 0 aliphatic carbocycles. The van der Waals surface area contributed by atoms with Crippen LogP contribution < -0.4 is 5.32 Å². The quantitative estimate of drug-likeness (QED) is 0.526. The van der Waals surface area contributed by atoms with Crippen LogP contribution in [0.25, 0.3) is 0 Å². The van der Waals surface area contributed by atoms with Gasteiger partial charge in [0.05, 0.1) is 0 Å². The maximum atomic E-state index is 3.76. The monoisotopic (exact) mass is 125 g/mol. The molecule has 0 saturated carbocycles. The van der Waals surface area contributed by atoms with E-state index < -0.39 is 0 Å². The molecular weight excluding hydrogens is 110 g/mol. The first-order valence-corrected chi connectivity index (χ1v) is 3.71. The van der Waals surface area contributed by atoms with Gasteiger partial charge < -0.3 is 5.32 Å². The number of hydrogen-bond donors (Lipinski definition) is 1. The molecule has 2 atom stereocenters. The second-order valence-electron chi connectivity index (χ2n) is 2.84. The van der Waals surface area contributed by atoms with Crippen LogP contribution >= 0.6 is 0 Å². The van der Waals surface area contributed by atoms with E-state index in [0.717, 1.165) is 0 Å². The molecule has 1 saturated heterocycles. The Morgan fingerprint density at radius 2 is 2.33 bits per heavy atom. The molecule has 0 unspecified atom stereocenters. The Bertz CT molecular complexity index is 98.7. The van der Waals surface area contributed by atoms with Crippen molar-refractivity contribution in [3.63, 3.8) is 0 Å². The van der Waals surface area contributed by atoms with Crippen molar-refractivity contribution in [2.24, 2.45) is 0 Å². The van der Waals surface area contributed by atoms with Crippen molar-refractivity contribution >= 4 is 0 Å². The molecule has 1 heteroatoms. The van der Waals surface area contributed by atoms with Crippen molar-refractivity contribution in [2.75, 3.05) is 0 Å². The molecule has 0 bridgehead atoms. The summed E-state index contributed by atoms with van der Waals surface area (Å²) < 4.78 is 0. The van der Waals surface area contributed by atoms with Crippen molar-refractivity contribution < 1.29 is 0 Å². The first-order chi connectivity index (χ1) is 4.33. The third-order valence-corrected chi connectivity index (χ3v) is 1.94. The SMILES string of the molecule is C=C[C@@H]1CCC[C@H](C)N1. The molecule has 1 fully saturated rings. The molecule has 1 aliphatic heterocycles. The molecule has 0 spiro atoms. The zero-order valence-corrected chi connectivity index (χ0v) is 6.06. The largest absolute Gasteiger partial charge is 0.308 e. The summed E-state index contributed by atoms with van der Waals surface area (Å²) in [5.41, 5.74) is 0. The fraction of sp³-hybridized carbons (Fsp3) is 0.750. The summed E-state index contributed by atoms with van der Waals surface area (Å²) >= 11 is 0. The first-order valence-electron chi connectivity index (χ1n) is 3.71. The highest BCUT2D eigenvalue weighted by atomic mass is 14.9. The molecule has 1 heterocycles. The third-order valence-electron chi connectivity index (χ3n) is 1.94. The highest BCUT2D eigenvalue weighted by Gasteiger charge is 2.13. The Kier molecular flexibility index (Phi) is 2.29. The molecule has 1 nitrogen and oxygen atoms in total. The minimum atomic E-state index is 0.578. The van der Waals surface area contributed by atoms with Gasteiger partial charge in [-0.25, -0.2) is 0 Å². The summed E-state index contributed by atoms with van der Waals surface area (Å²) in [6, 6.07) is 1.27. The van der Waals surface area contributed by atoms with Gasteiger partial charge in [0.1, 0.15) is 0 Å². The summed E-state index contributed by atoms with van der Waals surface area (Å²) in [6.45, 7) is 5.99. The standard InChI is InChI=1S/C8H15N/c1-3-8-6-4-5-7(2)9-8/h3,7-9H,1,4-6H2,2H3/t7-,8+/m0/s1. The minimum absolute atomic E-state index is 0.578. The highest BCUT2D eigenvalue weighted by molar-refractivity contribution is 4.90. The summed E-state index contributed by atoms with van der Waals surface area (Å²) in [7, 11) is 0. The Balaban J connectivity index is 2.31. The molecule has 0 amide bonds. The lowest BCUT2D eigenvalue weighted by atomic mass is 10.00. The number of rotatable bonds is 1. The molecule has 1 aliphatic rings. The molecular formula is C8H15N. The average Bonchev–Trinajstić information content (AvgIpc) is 1.88. The van der Waals surface area contributed by atoms with Crippen LogP contribution in [0.2, 0.25) is 0 Å². The van der Waals surface area contributed by atoms with Crippen molar-refractivity contribution in [1.29, 1.82) is 0 Å². The van der Waals surface area contributed by atoms with Crippen molar-refractivity contribution in [2.45, 2.75) is 38.3 Å². The topological polar surface area (TPSA) is 12.0 Å². The van der Waals surface area contributed by atoms with E-state index in [9.17, 15) is 0 Å². The maximum Gasteiger partial charge on any atom is 0.0249 e. The van der Waals surface area contributed by atoms with Crippen LogP contribution in [-0.2, 0) is 0 Å². The van der Waals surface area contributed by atoms with Crippen LogP contribution in [0.3, 0.4) is 0 Å². The van der Waals surface area contributed by atoms with E-state index in [-0.39, 0.29) is 0 Å². The van der Waals surface area contributed by atoms with E-state index >= 15 is 0 Å². The van der Waals surface area contributed by atoms with E-state index in [1.165, 1.54) is 19.3 Å². The molecule has 0 radical (unpaired) electrons. The van der Waals surface area contributed by atoms with E-state index in [1.807, 2.05) is 6.08 Å². The van der Waals surface area contributed by atoms with E-state index in [0.29, 0.717) is 12.1 Å². The Morgan fingerprint density at radius 1 is 1.56 bits per heavy atom. The second kappa shape index (κ2) is 3.02. The Hall–Kier alpha value is -0.300. The molecule has 0 aromatic carbocycles. The van der Waals surface area contributed by atoms with Gasteiger partial charge in [-0.1, -0.05) is 12.5 Å². The number of hydrogen-bond acceptors (Lipinski definition) is 1. The molecule has 1 rings (SSSR count). The maximum absolute atomic E-state index is 3.76. The van der Waals surface area contributed by atoms with Gasteiger partial charge in [0.15, 0.2) is 0 Å². The fourth-order valence-electron chi connectivity index (χ4n) is 1.36. The van der Waals surface area contributed by atoms with Crippen molar-refractivity contribution in [1.82, 2.24) is 5.32 Å². The van der Waals surface area contributed by atoms with Crippen molar-refractivity contribution in [3.8, 4) is 0 Å². The normalized spacial score (nSPS) is 36.1. The zero-order chi connectivity index (χ0) is 6.69. The van der Waals surface area contributed by atoms with Gasteiger partial charge in [-0.05, 0) is 19.8 Å². The zero-order valence-electron chi connectivity index (χ0n) is 6.06. The Morgan fingerprint density at radius 3 is 2.78 bits per heavy atom. The van der Waals surface area contributed by atoms with Gasteiger partial charge in [-0.3, -0.25) is 0 Å². The smallest absolute Gasteiger partial charge is 0.0249 e. The molecule has 52 valence electrons. The van der Waals surface area contributed by atoms with E-state index in [4.69, 9.17) is 0 Å². The molecule has 0 aromatic rings. The van der Waals surface area contributed by atoms with Crippen LogP contribution in [0, 0.1) is 0 Å². The summed E-state index contributed by atoms with van der Waals surface area (Å²) in [5.74, 6) is 0. The number of nitrogens with one attached hydrogen (secondary N) is 1. The van der Waals surface area contributed by atoms with Gasteiger partial charge in [-0.15, -0.1) is 6.58 Å². The predicted molar refractivity (Wildman–Crippen MR) is 40.4 cm³/mol. The van der Waals surface area contributed by atoms with Crippen molar-refractivity contribution in [3.05, 3.63) is 12.7 Å². The molecule has 9 heavy (non-hydrogen) atoms. The lowest BCUT2D eigenvalue weighted by molar-refractivity contribution is 0.375. The Labute approximate surface area is 57.1 Å². The fourth-order valence-corrected chi connectivity index (χ4v) is 1.36. The molecule has 0 aromatic heterocycles. The predicted octanol–water partition coefficient (Wildman–Crippen LogP) is 1.70. The van der Waals surface area contributed by atoms with Gasteiger partial charge in [0.25, 0.3) is 0 Å². The molecule has 1 N–H and O–H groups in total. The van der Waals surface area contributed by atoms with Crippen LogP contribution in [0.4, 0.5) is 0 Å². The van der Waals surface area contributed by atoms with Gasteiger partial charge in [0.2, 0.25) is 0 Å².